The van der Waals surface area contributed by atoms with Gasteiger partial charge in [0.05, 0.1) is 11.7 Å². The Morgan fingerprint density at radius 3 is 2.67 bits per heavy atom. The Balaban J connectivity index is 1.84. The number of aromatic nitrogens is 6. The van der Waals surface area contributed by atoms with Gasteiger partial charge in [-0.3, -0.25) is 4.68 Å². The zero-order valence-corrected chi connectivity index (χ0v) is 12.2. The molecule has 0 fully saturated rings. The molecule has 0 aliphatic carbocycles. The van der Waals surface area contributed by atoms with Gasteiger partial charge in [-0.15, -0.1) is 5.10 Å². The molecule has 0 aliphatic rings. The molecule has 1 aromatic carbocycles. The number of benzene rings is 1. The van der Waals surface area contributed by atoms with Crippen LogP contribution in [0.15, 0.2) is 36.5 Å². The molecule has 0 spiro atoms. The second-order valence-corrected chi connectivity index (χ2v) is 4.95. The number of tetrazole rings is 1. The van der Waals surface area contributed by atoms with Crippen molar-refractivity contribution in [2.24, 2.45) is 14.1 Å². The summed E-state index contributed by atoms with van der Waals surface area (Å²) in [5.41, 5.74) is 3.12. The summed E-state index contributed by atoms with van der Waals surface area (Å²) in [5.74, 6) is 0.742. The molecule has 0 aliphatic heterocycles. The maximum atomic E-state index is 4.20. The Morgan fingerprint density at radius 1 is 1.14 bits per heavy atom. The zero-order valence-electron chi connectivity index (χ0n) is 12.2. The Bertz CT molecular complexity index is 743. The minimum atomic E-state index is 0.158. The molecule has 3 aromatic rings. The van der Waals surface area contributed by atoms with Gasteiger partial charge in [-0.05, 0) is 35.5 Å². The topological polar surface area (TPSA) is 73.5 Å². The van der Waals surface area contributed by atoms with Gasteiger partial charge in [-0.2, -0.15) is 5.10 Å². The molecule has 0 saturated carbocycles. The fourth-order valence-electron chi connectivity index (χ4n) is 2.35. The van der Waals surface area contributed by atoms with Crippen LogP contribution < -0.4 is 5.32 Å². The SMILES string of the molecule is CC(Nc1cccc(-c2nnnn2C)c1)c1ccnn1C. The predicted molar refractivity (Wildman–Crippen MR) is 79.5 cm³/mol. The van der Waals surface area contributed by atoms with Gasteiger partial charge in [-0.1, -0.05) is 12.1 Å². The van der Waals surface area contributed by atoms with Crippen LogP contribution in [0, 0.1) is 0 Å². The average Bonchev–Trinajstić information content (AvgIpc) is 3.07. The summed E-state index contributed by atoms with van der Waals surface area (Å²) in [5, 5.41) is 19.2. The molecule has 3 rings (SSSR count). The van der Waals surface area contributed by atoms with E-state index in [1.807, 2.05) is 49.1 Å². The monoisotopic (exact) mass is 283 g/mol. The summed E-state index contributed by atoms with van der Waals surface area (Å²) in [7, 11) is 3.77. The second kappa shape index (κ2) is 5.35. The van der Waals surface area contributed by atoms with Crippen LogP contribution in [0.1, 0.15) is 18.7 Å². The van der Waals surface area contributed by atoms with Crippen molar-refractivity contribution in [2.45, 2.75) is 13.0 Å². The number of anilines is 1. The molecule has 21 heavy (non-hydrogen) atoms. The highest BCUT2D eigenvalue weighted by Gasteiger charge is 2.11. The van der Waals surface area contributed by atoms with Crippen LogP contribution in [0.4, 0.5) is 5.69 Å². The predicted octanol–water partition coefficient (Wildman–Crippen LogP) is 1.78. The maximum absolute atomic E-state index is 4.20. The van der Waals surface area contributed by atoms with Crippen molar-refractivity contribution in [2.75, 3.05) is 5.32 Å². The van der Waals surface area contributed by atoms with Crippen LogP contribution in [-0.2, 0) is 14.1 Å². The van der Waals surface area contributed by atoms with Crippen LogP contribution in [0.5, 0.6) is 0 Å². The van der Waals surface area contributed by atoms with E-state index in [0.717, 1.165) is 22.8 Å². The van der Waals surface area contributed by atoms with E-state index in [0.29, 0.717) is 0 Å². The van der Waals surface area contributed by atoms with E-state index in [1.54, 1.807) is 10.9 Å². The standard InChI is InChI=1S/C14H17N7/c1-10(13-7-8-15-20(13)2)16-12-6-4-5-11(9-12)14-17-18-19-21(14)3/h4-10,16H,1-3H3. The molecule has 1 atom stereocenters. The largest absolute Gasteiger partial charge is 0.377 e. The van der Waals surface area contributed by atoms with Crippen molar-refractivity contribution in [1.29, 1.82) is 0 Å². The van der Waals surface area contributed by atoms with Gasteiger partial charge in [0, 0.05) is 31.5 Å². The summed E-state index contributed by atoms with van der Waals surface area (Å²) in [6.45, 7) is 2.10. The van der Waals surface area contributed by atoms with Gasteiger partial charge >= 0.3 is 0 Å². The third-order valence-corrected chi connectivity index (χ3v) is 3.43. The number of nitrogens with one attached hydrogen (secondary N) is 1. The van der Waals surface area contributed by atoms with Crippen molar-refractivity contribution < 1.29 is 0 Å². The summed E-state index contributed by atoms with van der Waals surface area (Å²) in [4.78, 5) is 0. The zero-order chi connectivity index (χ0) is 14.8. The van der Waals surface area contributed by atoms with Gasteiger partial charge in [0.15, 0.2) is 5.82 Å². The Hall–Kier alpha value is -2.70. The van der Waals surface area contributed by atoms with Crippen molar-refractivity contribution in [1.82, 2.24) is 30.0 Å². The van der Waals surface area contributed by atoms with E-state index in [2.05, 4.69) is 32.9 Å². The lowest BCUT2D eigenvalue weighted by atomic mass is 10.1. The quantitative estimate of drug-likeness (QED) is 0.790. The third-order valence-electron chi connectivity index (χ3n) is 3.43. The molecular weight excluding hydrogens is 266 g/mol. The summed E-state index contributed by atoms with van der Waals surface area (Å²) >= 11 is 0. The van der Waals surface area contributed by atoms with Crippen LogP contribution in [0.25, 0.3) is 11.4 Å². The highest BCUT2D eigenvalue weighted by atomic mass is 15.5. The lowest BCUT2D eigenvalue weighted by Gasteiger charge is -2.16. The van der Waals surface area contributed by atoms with Crippen molar-refractivity contribution in [3.63, 3.8) is 0 Å². The minimum Gasteiger partial charge on any atom is -0.377 e. The second-order valence-electron chi connectivity index (χ2n) is 4.95. The number of rotatable bonds is 4. The summed E-state index contributed by atoms with van der Waals surface area (Å²) < 4.78 is 3.53. The molecule has 0 bridgehead atoms. The first-order valence-electron chi connectivity index (χ1n) is 6.72. The van der Waals surface area contributed by atoms with Gasteiger partial charge in [0.2, 0.25) is 0 Å². The summed E-state index contributed by atoms with van der Waals surface area (Å²) in [6, 6.07) is 10.2. The van der Waals surface area contributed by atoms with E-state index in [4.69, 9.17) is 0 Å². The minimum absolute atomic E-state index is 0.158. The molecule has 0 amide bonds. The normalized spacial score (nSPS) is 12.3. The molecule has 2 heterocycles. The van der Waals surface area contributed by atoms with Gasteiger partial charge in [0.1, 0.15) is 0 Å². The Morgan fingerprint density at radius 2 is 2.00 bits per heavy atom. The molecule has 1 unspecified atom stereocenters. The van der Waals surface area contributed by atoms with E-state index in [-0.39, 0.29) is 6.04 Å². The lowest BCUT2D eigenvalue weighted by Crippen LogP contribution is -2.11. The fourth-order valence-corrected chi connectivity index (χ4v) is 2.35. The summed E-state index contributed by atoms with van der Waals surface area (Å²) in [6.07, 6.45) is 1.80. The van der Waals surface area contributed by atoms with Crippen molar-refractivity contribution in [3.05, 3.63) is 42.2 Å². The molecule has 0 saturated heterocycles. The Labute approximate surface area is 122 Å². The number of hydrogen-bond donors (Lipinski definition) is 1. The van der Waals surface area contributed by atoms with E-state index in [1.165, 1.54) is 0 Å². The first kappa shape index (κ1) is 13.3. The fraction of sp³-hybridized carbons (Fsp3) is 0.286. The van der Waals surface area contributed by atoms with Crippen LogP contribution >= 0.6 is 0 Å². The molecular formula is C14H17N7. The van der Waals surface area contributed by atoms with Gasteiger partial charge in [0.25, 0.3) is 0 Å². The highest BCUT2D eigenvalue weighted by molar-refractivity contribution is 5.62. The van der Waals surface area contributed by atoms with Crippen molar-refractivity contribution in [3.8, 4) is 11.4 Å². The van der Waals surface area contributed by atoms with E-state index < -0.39 is 0 Å². The molecule has 0 radical (unpaired) electrons. The average molecular weight is 283 g/mol. The highest BCUT2D eigenvalue weighted by Crippen LogP contribution is 2.23. The smallest absolute Gasteiger partial charge is 0.181 e. The first-order valence-corrected chi connectivity index (χ1v) is 6.72. The van der Waals surface area contributed by atoms with Crippen LogP contribution in [-0.4, -0.2) is 30.0 Å². The molecule has 108 valence electrons. The van der Waals surface area contributed by atoms with E-state index >= 15 is 0 Å². The van der Waals surface area contributed by atoms with Crippen LogP contribution in [0.3, 0.4) is 0 Å². The first-order chi connectivity index (χ1) is 10.1. The molecule has 7 heteroatoms. The lowest BCUT2D eigenvalue weighted by molar-refractivity contribution is 0.676. The molecule has 2 aromatic heterocycles. The van der Waals surface area contributed by atoms with Crippen molar-refractivity contribution >= 4 is 5.69 Å². The Kier molecular flexibility index (Phi) is 3.39. The number of nitrogens with zero attached hydrogens (tertiary/aromatic N) is 6. The third kappa shape index (κ3) is 2.62. The van der Waals surface area contributed by atoms with E-state index in [9.17, 15) is 0 Å². The number of aryl methyl sites for hydroxylation is 2. The molecule has 1 N–H and O–H groups in total. The maximum Gasteiger partial charge on any atom is 0.181 e. The number of hydrogen-bond acceptors (Lipinski definition) is 5. The van der Waals surface area contributed by atoms with Gasteiger partial charge < -0.3 is 5.32 Å². The van der Waals surface area contributed by atoms with Gasteiger partial charge in [-0.25, -0.2) is 4.68 Å². The van der Waals surface area contributed by atoms with Crippen LogP contribution in [0.2, 0.25) is 0 Å². The molecule has 7 nitrogen and oxygen atoms in total.